The van der Waals surface area contributed by atoms with Crippen molar-refractivity contribution >= 4 is 23.8 Å². The predicted octanol–water partition coefficient (Wildman–Crippen LogP) is 2.27. The summed E-state index contributed by atoms with van der Waals surface area (Å²) >= 11 is 1.70. The first kappa shape index (κ1) is 18.1. The number of aliphatic carboxylic acids is 1. The Labute approximate surface area is 120 Å². The minimum absolute atomic E-state index is 0.185. The number of carbonyl (C=O) groups is 2. The summed E-state index contributed by atoms with van der Waals surface area (Å²) in [4.78, 5) is 24.6. The Bertz CT molecular complexity index is 287. The fraction of sp³-hybridized carbons (Fsp3) is 0.846. The van der Waals surface area contributed by atoms with E-state index in [0.29, 0.717) is 6.42 Å². The molecule has 0 aliphatic carbocycles. The second-order valence-corrected chi connectivity index (χ2v) is 5.55. The Morgan fingerprint density at radius 3 is 2.42 bits per heavy atom. The number of urea groups is 1. The van der Waals surface area contributed by atoms with Gasteiger partial charge in [0, 0.05) is 25.4 Å². The zero-order valence-electron chi connectivity index (χ0n) is 12.3. The summed E-state index contributed by atoms with van der Waals surface area (Å²) in [5.74, 6) is -0.457. The molecule has 0 aromatic rings. The van der Waals surface area contributed by atoms with Gasteiger partial charge < -0.3 is 15.3 Å². The van der Waals surface area contributed by atoms with Gasteiger partial charge in [-0.3, -0.25) is 4.79 Å². The molecule has 0 radical (unpaired) electrons. The lowest BCUT2D eigenvalue weighted by Crippen LogP contribution is -2.46. The lowest BCUT2D eigenvalue weighted by atomic mass is 10.0. The second kappa shape index (κ2) is 9.95. The van der Waals surface area contributed by atoms with Crippen molar-refractivity contribution in [3.05, 3.63) is 0 Å². The quantitative estimate of drug-likeness (QED) is 0.683. The van der Waals surface area contributed by atoms with Crippen molar-refractivity contribution in [1.82, 2.24) is 10.2 Å². The monoisotopic (exact) mass is 290 g/mol. The van der Waals surface area contributed by atoms with Crippen molar-refractivity contribution in [3.8, 4) is 0 Å². The van der Waals surface area contributed by atoms with Crippen LogP contribution in [-0.2, 0) is 4.79 Å². The molecule has 0 bridgehead atoms. The fourth-order valence-corrected chi connectivity index (χ4v) is 2.70. The summed E-state index contributed by atoms with van der Waals surface area (Å²) in [6.45, 7) is 4.18. The van der Waals surface area contributed by atoms with Gasteiger partial charge >= 0.3 is 12.0 Å². The molecule has 2 N–H and O–H groups in total. The van der Waals surface area contributed by atoms with Crippen LogP contribution in [0.1, 0.15) is 33.1 Å². The standard InChI is InChI=1S/C13H26N2O3S/c1-5-7-10(12(16)17)8-14-13(18)15(3)11(6-2)9-19-4/h10-11H,5-9H2,1-4H3,(H,14,18)(H,16,17). The van der Waals surface area contributed by atoms with Crippen molar-refractivity contribution in [2.24, 2.45) is 5.92 Å². The summed E-state index contributed by atoms with van der Waals surface area (Å²) in [6, 6.07) is -0.00675. The van der Waals surface area contributed by atoms with E-state index in [1.807, 2.05) is 20.1 Å². The van der Waals surface area contributed by atoms with Crippen LogP contribution >= 0.6 is 11.8 Å². The molecule has 2 atom stereocenters. The molecule has 0 aromatic carbocycles. The van der Waals surface area contributed by atoms with E-state index in [1.54, 1.807) is 23.7 Å². The minimum Gasteiger partial charge on any atom is -0.481 e. The Balaban J connectivity index is 4.31. The molecule has 0 fully saturated rings. The third-order valence-corrected chi connectivity index (χ3v) is 3.90. The van der Waals surface area contributed by atoms with Crippen LogP contribution in [0.15, 0.2) is 0 Å². The van der Waals surface area contributed by atoms with Gasteiger partial charge in [0.2, 0.25) is 0 Å². The summed E-state index contributed by atoms with van der Waals surface area (Å²) in [5, 5.41) is 11.7. The molecule has 2 unspecified atom stereocenters. The maximum atomic E-state index is 12.0. The van der Waals surface area contributed by atoms with Gasteiger partial charge in [0.1, 0.15) is 0 Å². The minimum atomic E-state index is -0.846. The highest BCUT2D eigenvalue weighted by molar-refractivity contribution is 7.98. The van der Waals surface area contributed by atoms with Gasteiger partial charge in [0.05, 0.1) is 5.92 Å². The van der Waals surface area contributed by atoms with Gasteiger partial charge in [-0.15, -0.1) is 0 Å². The van der Waals surface area contributed by atoms with Crippen LogP contribution in [-0.4, -0.2) is 53.6 Å². The van der Waals surface area contributed by atoms with Crippen molar-refractivity contribution < 1.29 is 14.7 Å². The SMILES string of the molecule is CCCC(CNC(=O)N(C)C(CC)CSC)C(=O)O. The lowest BCUT2D eigenvalue weighted by molar-refractivity contribution is -0.141. The summed E-state index contributed by atoms with van der Waals surface area (Å²) in [5.41, 5.74) is 0. The smallest absolute Gasteiger partial charge is 0.317 e. The maximum Gasteiger partial charge on any atom is 0.317 e. The molecule has 0 rings (SSSR count). The molecule has 0 aliphatic rings. The van der Waals surface area contributed by atoms with Gasteiger partial charge in [0.15, 0.2) is 0 Å². The molecular weight excluding hydrogens is 264 g/mol. The predicted molar refractivity (Wildman–Crippen MR) is 79.7 cm³/mol. The van der Waals surface area contributed by atoms with Crippen LogP contribution in [0.2, 0.25) is 0 Å². The van der Waals surface area contributed by atoms with Crippen LogP contribution in [0.3, 0.4) is 0 Å². The van der Waals surface area contributed by atoms with Crippen LogP contribution < -0.4 is 5.32 Å². The summed E-state index contributed by atoms with van der Waals surface area (Å²) < 4.78 is 0. The number of amides is 2. The molecule has 2 amide bonds. The van der Waals surface area contributed by atoms with E-state index in [-0.39, 0.29) is 18.6 Å². The van der Waals surface area contributed by atoms with E-state index >= 15 is 0 Å². The molecule has 0 aromatic heterocycles. The van der Waals surface area contributed by atoms with E-state index in [0.717, 1.165) is 18.6 Å². The van der Waals surface area contributed by atoms with E-state index in [1.165, 1.54) is 0 Å². The molecular formula is C13H26N2O3S. The number of rotatable bonds is 9. The van der Waals surface area contributed by atoms with E-state index in [4.69, 9.17) is 5.11 Å². The maximum absolute atomic E-state index is 12.0. The highest BCUT2D eigenvalue weighted by atomic mass is 32.2. The molecule has 0 spiro atoms. The molecule has 0 saturated carbocycles. The zero-order valence-corrected chi connectivity index (χ0v) is 13.1. The highest BCUT2D eigenvalue weighted by Gasteiger charge is 2.21. The first-order valence-electron chi connectivity index (χ1n) is 6.70. The van der Waals surface area contributed by atoms with Crippen molar-refractivity contribution in [2.75, 3.05) is 25.6 Å². The van der Waals surface area contributed by atoms with Gasteiger partial charge in [-0.2, -0.15) is 11.8 Å². The van der Waals surface area contributed by atoms with Crippen LogP contribution in [0.25, 0.3) is 0 Å². The number of carboxylic acid groups (broad SMARTS) is 1. The van der Waals surface area contributed by atoms with Crippen LogP contribution in [0, 0.1) is 5.92 Å². The Hall–Kier alpha value is -0.910. The zero-order chi connectivity index (χ0) is 14.8. The molecule has 6 heteroatoms. The number of carbonyl (C=O) groups excluding carboxylic acids is 1. The van der Waals surface area contributed by atoms with Gasteiger partial charge in [0.25, 0.3) is 0 Å². The molecule has 0 aliphatic heterocycles. The van der Waals surface area contributed by atoms with E-state index < -0.39 is 11.9 Å². The number of hydrogen-bond donors (Lipinski definition) is 2. The number of nitrogens with zero attached hydrogens (tertiary/aromatic N) is 1. The summed E-state index contributed by atoms with van der Waals surface area (Å²) in [7, 11) is 1.76. The van der Waals surface area contributed by atoms with Crippen molar-refractivity contribution in [2.45, 2.75) is 39.2 Å². The van der Waals surface area contributed by atoms with Crippen molar-refractivity contribution in [1.29, 1.82) is 0 Å². The average Bonchev–Trinajstić information content (AvgIpc) is 2.39. The average molecular weight is 290 g/mol. The molecule has 19 heavy (non-hydrogen) atoms. The largest absolute Gasteiger partial charge is 0.481 e. The summed E-state index contributed by atoms with van der Waals surface area (Å²) in [6.07, 6.45) is 4.28. The molecule has 0 heterocycles. The first-order valence-corrected chi connectivity index (χ1v) is 8.09. The third kappa shape index (κ3) is 6.71. The number of thioether (sulfide) groups is 1. The Morgan fingerprint density at radius 1 is 1.37 bits per heavy atom. The third-order valence-electron chi connectivity index (χ3n) is 3.18. The molecule has 0 saturated heterocycles. The van der Waals surface area contributed by atoms with E-state index in [9.17, 15) is 9.59 Å². The Kier molecular flexibility index (Phi) is 9.47. The molecule has 5 nitrogen and oxygen atoms in total. The van der Waals surface area contributed by atoms with Gasteiger partial charge in [-0.1, -0.05) is 20.3 Å². The molecule has 112 valence electrons. The van der Waals surface area contributed by atoms with Gasteiger partial charge in [-0.25, -0.2) is 4.79 Å². The van der Waals surface area contributed by atoms with Gasteiger partial charge in [-0.05, 0) is 19.1 Å². The van der Waals surface area contributed by atoms with Crippen LogP contribution in [0.5, 0.6) is 0 Å². The van der Waals surface area contributed by atoms with Crippen LogP contribution in [0.4, 0.5) is 4.79 Å². The van der Waals surface area contributed by atoms with E-state index in [2.05, 4.69) is 5.32 Å². The first-order chi connectivity index (χ1) is 8.97. The topological polar surface area (TPSA) is 69.6 Å². The fourth-order valence-electron chi connectivity index (χ4n) is 1.86. The normalized spacial score (nSPS) is 13.7. The Morgan fingerprint density at radius 2 is 2.00 bits per heavy atom. The number of carboxylic acids is 1. The number of hydrogen-bond acceptors (Lipinski definition) is 3. The van der Waals surface area contributed by atoms with Crippen molar-refractivity contribution in [3.63, 3.8) is 0 Å². The highest BCUT2D eigenvalue weighted by Crippen LogP contribution is 2.09. The lowest BCUT2D eigenvalue weighted by Gasteiger charge is -2.27. The number of nitrogens with one attached hydrogen (secondary N) is 1. The second-order valence-electron chi connectivity index (χ2n) is 4.64.